The van der Waals surface area contributed by atoms with Crippen LogP contribution in [-0.4, -0.2) is 11.5 Å². The molecule has 2 nitrogen and oxygen atoms in total. The van der Waals surface area contributed by atoms with Crippen molar-refractivity contribution in [3.8, 4) is 0 Å². The van der Waals surface area contributed by atoms with Gasteiger partial charge < -0.3 is 10.7 Å². The average Bonchev–Trinajstić information content (AvgIpc) is 2.57. The number of nitrogens with two attached hydrogens (primary N) is 1. The molecule has 2 rings (SSSR count). The summed E-state index contributed by atoms with van der Waals surface area (Å²) in [5.41, 5.74) is 5.21. The Kier molecular flexibility index (Phi) is 3.05. The second kappa shape index (κ2) is 4.23. The van der Waals surface area contributed by atoms with Gasteiger partial charge in [-0.25, -0.2) is 0 Å². The van der Waals surface area contributed by atoms with Gasteiger partial charge in [0.25, 0.3) is 0 Å². The van der Waals surface area contributed by atoms with E-state index in [1.54, 1.807) is 6.07 Å². The predicted octanol–water partition coefficient (Wildman–Crippen LogP) is 3.34. The number of hydrogen-bond donors (Lipinski definition) is 2. The maximum Gasteiger partial charge on any atom is 0.431 e. The van der Waals surface area contributed by atoms with Gasteiger partial charge in [-0.2, -0.15) is 13.2 Å². The molecule has 6 heteroatoms. The van der Waals surface area contributed by atoms with E-state index in [-0.39, 0.29) is 18.5 Å². The summed E-state index contributed by atoms with van der Waals surface area (Å²) in [5, 5.41) is 0.888. The second-order valence-electron chi connectivity index (χ2n) is 3.70. The van der Waals surface area contributed by atoms with Gasteiger partial charge in [0.2, 0.25) is 0 Å². The van der Waals surface area contributed by atoms with Crippen molar-refractivity contribution in [2.75, 3.05) is 6.54 Å². The molecule has 0 saturated heterocycles. The van der Waals surface area contributed by atoms with Gasteiger partial charge in [-0.3, -0.25) is 0 Å². The van der Waals surface area contributed by atoms with Crippen molar-refractivity contribution < 1.29 is 13.2 Å². The lowest BCUT2D eigenvalue weighted by Crippen LogP contribution is -2.11. The maximum atomic E-state index is 12.8. The highest BCUT2D eigenvalue weighted by atomic mass is 35.5. The number of aromatic nitrogens is 1. The lowest BCUT2D eigenvalue weighted by Gasteiger charge is -2.07. The molecule has 3 N–H and O–H groups in total. The number of alkyl halides is 3. The van der Waals surface area contributed by atoms with Gasteiger partial charge in [-0.15, -0.1) is 0 Å². The standard InChI is InChI=1S/C11H10ClF3N2/c12-6-1-2-9-8(5-6)7(3-4-16)10(17-9)11(13,14)15/h1-2,5,17H,3-4,16H2. The van der Waals surface area contributed by atoms with Crippen LogP contribution in [0.15, 0.2) is 18.2 Å². The Bertz CT molecular complexity index is 545. The van der Waals surface area contributed by atoms with Crippen LogP contribution in [0.1, 0.15) is 11.3 Å². The Morgan fingerprint density at radius 2 is 2.00 bits per heavy atom. The largest absolute Gasteiger partial charge is 0.431 e. The van der Waals surface area contributed by atoms with Crippen LogP contribution in [-0.2, 0) is 12.6 Å². The smallest absolute Gasteiger partial charge is 0.351 e. The van der Waals surface area contributed by atoms with Crippen molar-refractivity contribution in [2.45, 2.75) is 12.6 Å². The minimum Gasteiger partial charge on any atom is -0.351 e. The summed E-state index contributed by atoms with van der Waals surface area (Å²) in [6.45, 7) is 0.155. The van der Waals surface area contributed by atoms with E-state index >= 15 is 0 Å². The molecule has 0 radical (unpaired) electrons. The Morgan fingerprint density at radius 3 is 2.59 bits per heavy atom. The third-order valence-corrected chi connectivity index (χ3v) is 2.78. The highest BCUT2D eigenvalue weighted by Crippen LogP contribution is 2.36. The summed E-state index contributed by atoms with van der Waals surface area (Å²) in [7, 11) is 0. The molecule has 1 aromatic heterocycles. The fourth-order valence-electron chi connectivity index (χ4n) is 1.87. The zero-order chi connectivity index (χ0) is 12.6. The fraction of sp³-hybridized carbons (Fsp3) is 0.273. The number of fused-ring (bicyclic) bond motifs is 1. The Labute approximate surface area is 101 Å². The fourth-order valence-corrected chi connectivity index (χ4v) is 2.04. The molecule has 0 aliphatic heterocycles. The number of hydrogen-bond acceptors (Lipinski definition) is 1. The van der Waals surface area contributed by atoms with Crippen molar-refractivity contribution in [3.05, 3.63) is 34.5 Å². The molecule has 17 heavy (non-hydrogen) atoms. The molecule has 92 valence electrons. The van der Waals surface area contributed by atoms with E-state index in [1.807, 2.05) is 0 Å². The van der Waals surface area contributed by atoms with Crippen LogP contribution in [0.2, 0.25) is 5.02 Å². The van der Waals surface area contributed by atoms with Crippen molar-refractivity contribution >= 4 is 22.5 Å². The van der Waals surface area contributed by atoms with Gasteiger partial charge in [-0.05, 0) is 36.7 Å². The van der Waals surface area contributed by atoms with Crippen LogP contribution in [0, 0.1) is 0 Å². The minimum absolute atomic E-state index is 0.155. The van der Waals surface area contributed by atoms with Crippen molar-refractivity contribution in [2.24, 2.45) is 5.73 Å². The van der Waals surface area contributed by atoms with Crippen molar-refractivity contribution in [1.82, 2.24) is 4.98 Å². The van der Waals surface area contributed by atoms with Crippen LogP contribution >= 0.6 is 11.6 Å². The molecule has 0 bridgehead atoms. The number of benzene rings is 1. The van der Waals surface area contributed by atoms with E-state index < -0.39 is 11.9 Å². The summed E-state index contributed by atoms with van der Waals surface area (Å²) < 4.78 is 38.4. The lowest BCUT2D eigenvalue weighted by atomic mass is 10.1. The maximum absolute atomic E-state index is 12.8. The van der Waals surface area contributed by atoms with Crippen LogP contribution in [0.4, 0.5) is 13.2 Å². The first-order valence-corrected chi connectivity index (χ1v) is 5.38. The summed E-state index contributed by atoms with van der Waals surface area (Å²) >= 11 is 5.79. The Balaban J connectivity index is 2.71. The number of H-pyrrole nitrogens is 1. The van der Waals surface area contributed by atoms with Crippen molar-refractivity contribution in [3.63, 3.8) is 0 Å². The highest BCUT2D eigenvalue weighted by Gasteiger charge is 2.35. The number of nitrogens with one attached hydrogen (secondary N) is 1. The monoisotopic (exact) mass is 262 g/mol. The van der Waals surface area contributed by atoms with Gasteiger partial charge in [0.1, 0.15) is 5.69 Å². The average molecular weight is 263 g/mol. The van der Waals surface area contributed by atoms with E-state index in [9.17, 15) is 13.2 Å². The molecule has 0 atom stereocenters. The Morgan fingerprint density at radius 1 is 1.29 bits per heavy atom. The molecule has 0 aliphatic carbocycles. The minimum atomic E-state index is -4.41. The molecule has 1 heterocycles. The van der Waals surface area contributed by atoms with E-state index in [2.05, 4.69) is 4.98 Å². The van der Waals surface area contributed by atoms with Crippen LogP contribution in [0.25, 0.3) is 10.9 Å². The van der Waals surface area contributed by atoms with Crippen LogP contribution in [0.5, 0.6) is 0 Å². The van der Waals surface area contributed by atoms with E-state index in [4.69, 9.17) is 17.3 Å². The highest BCUT2D eigenvalue weighted by molar-refractivity contribution is 6.31. The Hall–Kier alpha value is -1.20. The third kappa shape index (κ3) is 2.25. The predicted molar refractivity (Wildman–Crippen MR) is 61.1 cm³/mol. The van der Waals surface area contributed by atoms with Crippen molar-refractivity contribution in [1.29, 1.82) is 0 Å². The van der Waals surface area contributed by atoms with Gasteiger partial charge in [-0.1, -0.05) is 11.6 Å². The number of halogens is 4. The van der Waals surface area contributed by atoms with E-state index in [1.165, 1.54) is 12.1 Å². The molecule has 1 aromatic carbocycles. The summed E-state index contributed by atoms with van der Waals surface area (Å²) in [4.78, 5) is 2.38. The first-order chi connectivity index (χ1) is 7.93. The zero-order valence-electron chi connectivity index (χ0n) is 8.74. The summed E-state index contributed by atoms with van der Waals surface area (Å²) in [6, 6.07) is 4.60. The van der Waals surface area contributed by atoms with Gasteiger partial charge >= 0.3 is 6.18 Å². The SMILES string of the molecule is NCCc1c(C(F)(F)F)[nH]c2ccc(Cl)cc12. The molecule has 0 amide bonds. The van der Waals surface area contributed by atoms with Gasteiger partial charge in [0, 0.05) is 15.9 Å². The molecule has 0 aliphatic rings. The first kappa shape index (κ1) is 12.3. The lowest BCUT2D eigenvalue weighted by molar-refractivity contribution is -0.141. The normalized spacial score (nSPS) is 12.3. The quantitative estimate of drug-likeness (QED) is 0.856. The molecule has 0 spiro atoms. The number of rotatable bonds is 2. The van der Waals surface area contributed by atoms with Crippen LogP contribution < -0.4 is 5.73 Å². The van der Waals surface area contributed by atoms with E-state index in [0.717, 1.165) is 0 Å². The molecule has 2 aromatic rings. The second-order valence-corrected chi connectivity index (χ2v) is 4.14. The number of aromatic amines is 1. The summed E-state index contributed by atoms with van der Waals surface area (Å²) in [5.74, 6) is 0. The van der Waals surface area contributed by atoms with Gasteiger partial charge in [0.05, 0.1) is 0 Å². The third-order valence-electron chi connectivity index (χ3n) is 2.55. The zero-order valence-corrected chi connectivity index (χ0v) is 9.49. The first-order valence-electron chi connectivity index (χ1n) is 5.01. The molecule has 0 unspecified atom stereocenters. The van der Waals surface area contributed by atoms with E-state index in [0.29, 0.717) is 15.9 Å². The molecular weight excluding hydrogens is 253 g/mol. The molecule has 0 fully saturated rings. The molecular formula is C11H10ClF3N2. The van der Waals surface area contributed by atoms with Crippen LogP contribution in [0.3, 0.4) is 0 Å². The summed E-state index contributed by atoms with van der Waals surface area (Å²) in [6.07, 6.45) is -4.24. The molecule has 0 saturated carbocycles. The van der Waals surface area contributed by atoms with Gasteiger partial charge in [0.15, 0.2) is 0 Å². The topological polar surface area (TPSA) is 41.8 Å².